The molecular weight excluding hydrogens is 328 g/mol. The van der Waals surface area contributed by atoms with Crippen molar-refractivity contribution in [2.45, 2.75) is 0 Å². The third-order valence-electron chi connectivity index (χ3n) is 3.32. The Morgan fingerprint density at radius 1 is 1.21 bits per heavy atom. The first-order chi connectivity index (χ1) is 11.6. The van der Waals surface area contributed by atoms with E-state index in [4.69, 9.17) is 17.0 Å². The van der Waals surface area contributed by atoms with E-state index < -0.39 is 0 Å². The number of methoxy groups -OCH3 is 1. The van der Waals surface area contributed by atoms with Crippen LogP contribution < -0.4 is 4.74 Å². The highest BCUT2D eigenvalue weighted by molar-refractivity contribution is 7.71. The molecule has 0 bridgehead atoms. The SMILES string of the molecule is COc1ccccc1-c1n[nH]c(=S)n1N=Cc1ccc(O)c(O)c1. The van der Waals surface area contributed by atoms with Crippen LogP contribution >= 0.6 is 12.2 Å². The maximum absolute atomic E-state index is 9.54. The molecule has 0 saturated carbocycles. The molecule has 0 aliphatic carbocycles. The van der Waals surface area contributed by atoms with E-state index in [9.17, 15) is 10.2 Å². The number of nitrogens with zero attached hydrogens (tertiary/aromatic N) is 3. The van der Waals surface area contributed by atoms with Gasteiger partial charge in [0.05, 0.1) is 18.9 Å². The number of rotatable bonds is 4. The van der Waals surface area contributed by atoms with E-state index in [0.29, 0.717) is 21.9 Å². The van der Waals surface area contributed by atoms with Crippen LogP contribution in [0.15, 0.2) is 47.6 Å². The zero-order valence-electron chi connectivity index (χ0n) is 12.7. The summed E-state index contributed by atoms with van der Waals surface area (Å²) in [7, 11) is 1.58. The van der Waals surface area contributed by atoms with Gasteiger partial charge < -0.3 is 14.9 Å². The van der Waals surface area contributed by atoms with Crippen LogP contribution in [0.1, 0.15) is 5.56 Å². The smallest absolute Gasteiger partial charge is 0.216 e. The van der Waals surface area contributed by atoms with E-state index in [0.717, 1.165) is 5.56 Å². The summed E-state index contributed by atoms with van der Waals surface area (Å²) in [5.74, 6) is 0.725. The van der Waals surface area contributed by atoms with Gasteiger partial charge in [-0.2, -0.15) is 14.9 Å². The van der Waals surface area contributed by atoms with Gasteiger partial charge >= 0.3 is 0 Å². The summed E-state index contributed by atoms with van der Waals surface area (Å²) >= 11 is 5.22. The van der Waals surface area contributed by atoms with Gasteiger partial charge in [0, 0.05) is 0 Å². The van der Waals surface area contributed by atoms with E-state index in [1.807, 2.05) is 24.3 Å². The fraction of sp³-hybridized carbons (Fsp3) is 0.0625. The van der Waals surface area contributed by atoms with Crippen LogP contribution in [0.4, 0.5) is 0 Å². The van der Waals surface area contributed by atoms with Crippen molar-refractivity contribution in [2.24, 2.45) is 5.10 Å². The third kappa shape index (κ3) is 2.99. The fourth-order valence-electron chi connectivity index (χ4n) is 2.15. The maximum atomic E-state index is 9.54. The lowest BCUT2D eigenvalue weighted by atomic mass is 10.2. The minimum atomic E-state index is -0.223. The molecule has 3 N–H and O–H groups in total. The molecule has 0 amide bonds. The average Bonchev–Trinajstić information content (AvgIpc) is 2.96. The second-order valence-corrected chi connectivity index (χ2v) is 5.24. The van der Waals surface area contributed by atoms with Gasteiger partial charge in [-0.25, -0.2) is 5.10 Å². The average molecular weight is 342 g/mol. The minimum Gasteiger partial charge on any atom is -0.504 e. The van der Waals surface area contributed by atoms with Gasteiger partial charge in [0.15, 0.2) is 17.3 Å². The molecule has 3 rings (SSSR count). The lowest BCUT2D eigenvalue weighted by Crippen LogP contribution is -1.97. The van der Waals surface area contributed by atoms with Crippen molar-refractivity contribution in [1.29, 1.82) is 0 Å². The number of aromatic hydroxyl groups is 2. The van der Waals surface area contributed by atoms with Crippen molar-refractivity contribution in [2.75, 3.05) is 7.11 Å². The Labute approximate surface area is 142 Å². The molecule has 0 saturated heterocycles. The number of benzene rings is 2. The molecule has 24 heavy (non-hydrogen) atoms. The van der Waals surface area contributed by atoms with Crippen LogP contribution in [0, 0.1) is 4.77 Å². The van der Waals surface area contributed by atoms with Gasteiger partial charge in [0.1, 0.15) is 5.75 Å². The van der Waals surface area contributed by atoms with Gasteiger partial charge in [-0.3, -0.25) is 0 Å². The van der Waals surface area contributed by atoms with Crippen molar-refractivity contribution >= 4 is 18.4 Å². The summed E-state index contributed by atoms with van der Waals surface area (Å²) in [6.07, 6.45) is 1.50. The summed E-state index contributed by atoms with van der Waals surface area (Å²) < 4.78 is 7.11. The molecule has 0 radical (unpaired) electrons. The normalized spacial score (nSPS) is 11.0. The molecule has 122 valence electrons. The Kier molecular flexibility index (Phi) is 4.30. The van der Waals surface area contributed by atoms with Crippen LogP contribution in [0.5, 0.6) is 17.2 Å². The second-order valence-electron chi connectivity index (χ2n) is 4.86. The largest absolute Gasteiger partial charge is 0.504 e. The zero-order chi connectivity index (χ0) is 17.1. The van der Waals surface area contributed by atoms with E-state index in [1.165, 1.54) is 23.0 Å². The summed E-state index contributed by atoms with van der Waals surface area (Å²) in [4.78, 5) is 0. The highest BCUT2D eigenvalue weighted by Gasteiger charge is 2.12. The third-order valence-corrected chi connectivity index (χ3v) is 3.58. The molecule has 0 unspecified atom stereocenters. The summed E-state index contributed by atoms with van der Waals surface area (Å²) in [5.41, 5.74) is 1.33. The highest BCUT2D eigenvalue weighted by atomic mass is 32.1. The summed E-state index contributed by atoms with van der Waals surface area (Å²) in [5, 5.41) is 30.1. The van der Waals surface area contributed by atoms with E-state index in [1.54, 1.807) is 13.2 Å². The van der Waals surface area contributed by atoms with Crippen LogP contribution in [0.2, 0.25) is 0 Å². The van der Waals surface area contributed by atoms with Gasteiger partial charge in [0.2, 0.25) is 4.77 Å². The van der Waals surface area contributed by atoms with Crippen molar-refractivity contribution in [3.8, 4) is 28.6 Å². The number of ether oxygens (including phenoxy) is 1. The predicted octanol–water partition coefficient (Wildman–Crippen LogP) is 2.91. The predicted molar refractivity (Wildman–Crippen MR) is 92.2 cm³/mol. The molecule has 1 heterocycles. The molecule has 3 aromatic rings. The monoisotopic (exact) mass is 342 g/mol. The number of para-hydroxylation sites is 1. The number of hydrogen-bond donors (Lipinski definition) is 3. The summed E-state index contributed by atoms with van der Waals surface area (Å²) in [6.45, 7) is 0. The van der Waals surface area contributed by atoms with Gasteiger partial charge in [-0.15, -0.1) is 0 Å². The number of H-pyrrole nitrogens is 1. The summed E-state index contributed by atoms with van der Waals surface area (Å²) in [6, 6.07) is 11.8. The number of aromatic nitrogens is 3. The highest BCUT2D eigenvalue weighted by Crippen LogP contribution is 2.28. The number of phenols is 2. The van der Waals surface area contributed by atoms with Crippen LogP contribution in [0.25, 0.3) is 11.4 Å². The zero-order valence-corrected chi connectivity index (χ0v) is 13.5. The first-order valence-electron chi connectivity index (χ1n) is 6.97. The van der Waals surface area contributed by atoms with Crippen LogP contribution in [-0.2, 0) is 0 Å². The standard InChI is InChI=1S/C16H14N4O3S/c1-23-14-5-3-2-4-11(14)15-18-19-16(24)20(15)17-9-10-6-7-12(21)13(22)8-10/h2-9,21-22H,1H3,(H,19,24). The molecule has 1 aromatic heterocycles. The Bertz CT molecular complexity index is 962. The molecule has 0 aliphatic heterocycles. The molecule has 0 aliphatic rings. The Hall–Kier alpha value is -3.13. The van der Waals surface area contributed by atoms with E-state index in [-0.39, 0.29) is 11.5 Å². The van der Waals surface area contributed by atoms with Crippen LogP contribution in [0.3, 0.4) is 0 Å². The first-order valence-corrected chi connectivity index (χ1v) is 7.38. The quantitative estimate of drug-likeness (QED) is 0.385. The van der Waals surface area contributed by atoms with Crippen LogP contribution in [-0.4, -0.2) is 38.4 Å². The Morgan fingerprint density at radius 3 is 2.75 bits per heavy atom. The van der Waals surface area contributed by atoms with Gasteiger partial charge in [-0.1, -0.05) is 12.1 Å². The van der Waals surface area contributed by atoms with Gasteiger partial charge in [-0.05, 0) is 48.1 Å². The van der Waals surface area contributed by atoms with Crippen molar-refractivity contribution in [3.63, 3.8) is 0 Å². The number of nitrogens with one attached hydrogen (secondary N) is 1. The molecular formula is C16H14N4O3S. The molecule has 8 heteroatoms. The van der Waals surface area contributed by atoms with Gasteiger partial charge in [0.25, 0.3) is 0 Å². The molecule has 0 atom stereocenters. The minimum absolute atomic E-state index is 0.193. The lowest BCUT2D eigenvalue weighted by molar-refractivity contribution is 0.403. The number of aromatic amines is 1. The van der Waals surface area contributed by atoms with E-state index >= 15 is 0 Å². The Balaban J connectivity index is 2.03. The van der Waals surface area contributed by atoms with Crippen molar-refractivity contribution in [3.05, 3.63) is 52.8 Å². The number of phenolic OH excluding ortho intramolecular Hbond substituents is 2. The van der Waals surface area contributed by atoms with E-state index in [2.05, 4.69) is 15.3 Å². The Morgan fingerprint density at radius 2 is 2.00 bits per heavy atom. The second kappa shape index (κ2) is 6.55. The maximum Gasteiger partial charge on any atom is 0.216 e. The van der Waals surface area contributed by atoms with Crippen molar-refractivity contribution in [1.82, 2.24) is 14.9 Å². The lowest BCUT2D eigenvalue weighted by Gasteiger charge is -2.06. The fourth-order valence-corrected chi connectivity index (χ4v) is 2.33. The first kappa shape index (κ1) is 15.8. The topological polar surface area (TPSA) is 95.7 Å². The molecule has 7 nitrogen and oxygen atoms in total. The molecule has 0 spiro atoms. The molecule has 2 aromatic carbocycles. The van der Waals surface area contributed by atoms with Crippen molar-refractivity contribution < 1.29 is 14.9 Å². The molecule has 0 fully saturated rings. The number of hydrogen-bond acceptors (Lipinski definition) is 6.